The minimum Gasteiger partial charge on any atom is -0.342 e. The van der Waals surface area contributed by atoms with Crippen LogP contribution in [0, 0.1) is 5.92 Å². The molecule has 0 aromatic carbocycles. The van der Waals surface area contributed by atoms with Gasteiger partial charge in [-0.1, -0.05) is 0 Å². The Hall–Kier alpha value is -0.560. The number of likely N-dealkylation sites (tertiary alicyclic amines) is 3. The van der Waals surface area contributed by atoms with E-state index in [9.17, 15) is 9.59 Å². The Labute approximate surface area is 169 Å². The number of likely N-dealkylation sites (N-methyl/N-ethyl adjacent to an activating group) is 1. The van der Waals surface area contributed by atoms with E-state index in [4.69, 9.17) is 0 Å². The standard InChI is InChI=1S/C18H32N4O2.2ClH/c1-19-13-17(23)20-11-6-16(7-12-20)22-10-4-5-15(14-22)18(24)21-8-2-3-9-21;;/h15-16,19H,2-14H2,1H3;2*1H. The molecule has 2 amide bonds. The Bertz CT molecular complexity index is 452. The molecular weight excluding hydrogens is 375 g/mol. The highest BCUT2D eigenvalue weighted by molar-refractivity contribution is 5.85. The van der Waals surface area contributed by atoms with Gasteiger partial charge in [-0.15, -0.1) is 24.8 Å². The van der Waals surface area contributed by atoms with Gasteiger partial charge in [0.15, 0.2) is 0 Å². The zero-order chi connectivity index (χ0) is 16.9. The number of halogens is 2. The Morgan fingerprint density at radius 3 is 2.15 bits per heavy atom. The van der Waals surface area contributed by atoms with E-state index in [0.29, 0.717) is 18.5 Å². The summed E-state index contributed by atoms with van der Waals surface area (Å²) in [6, 6.07) is 0.540. The van der Waals surface area contributed by atoms with Gasteiger partial charge in [0.05, 0.1) is 12.5 Å². The van der Waals surface area contributed by atoms with E-state index in [0.717, 1.165) is 65.0 Å². The fraction of sp³-hybridized carbons (Fsp3) is 0.889. The van der Waals surface area contributed by atoms with Gasteiger partial charge in [0, 0.05) is 38.8 Å². The van der Waals surface area contributed by atoms with Crippen LogP contribution in [0.15, 0.2) is 0 Å². The highest BCUT2D eigenvalue weighted by Gasteiger charge is 2.34. The van der Waals surface area contributed by atoms with Crippen molar-refractivity contribution in [2.24, 2.45) is 5.92 Å². The smallest absolute Gasteiger partial charge is 0.236 e. The van der Waals surface area contributed by atoms with Crippen molar-refractivity contribution in [2.45, 2.75) is 44.6 Å². The Balaban J connectivity index is 0.00000169. The van der Waals surface area contributed by atoms with Gasteiger partial charge in [0.2, 0.25) is 11.8 Å². The highest BCUT2D eigenvalue weighted by Crippen LogP contribution is 2.26. The molecule has 1 N–H and O–H groups in total. The molecule has 1 atom stereocenters. The lowest BCUT2D eigenvalue weighted by atomic mass is 9.93. The zero-order valence-corrected chi connectivity index (χ0v) is 17.5. The highest BCUT2D eigenvalue weighted by atomic mass is 35.5. The van der Waals surface area contributed by atoms with Crippen molar-refractivity contribution in [3.8, 4) is 0 Å². The van der Waals surface area contributed by atoms with Crippen molar-refractivity contribution in [3.05, 3.63) is 0 Å². The number of rotatable bonds is 4. The average molecular weight is 409 g/mol. The van der Waals surface area contributed by atoms with Crippen molar-refractivity contribution >= 4 is 36.6 Å². The monoisotopic (exact) mass is 408 g/mol. The number of hydrogen-bond donors (Lipinski definition) is 1. The van der Waals surface area contributed by atoms with Gasteiger partial charge in [-0.05, 0) is 52.1 Å². The number of nitrogens with zero attached hydrogens (tertiary/aromatic N) is 3. The van der Waals surface area contributed by atoms with Crippen molar-refractivity contribution in [3.63, 3.8) is 0 Å². The largest absolute Gasteiger partial charge is 0.342 e. The summed E-state index contributed by atoms with van der Waals surface area (Å²) in [6.07, 6.45) is 6.59. The minimum atomic E-state index is 0. The van der Waals surface area contributed by atoms with Crippen LogP contribution in [0.5, 0.6) is 0 Å². The average Bonchev–Trinajstić information content (AvgIpc) is 3.16. The van der Waals surface area contributed by atoms with E-state index < -0.39 is 0 Å². The van der Waals surface area contributed by atoms with Crippen LogP contribution in [0.2, 0.25) is 0 Å². The fourth-order valence-electron chi connectivity index (χ4n) is 4.48. The Morgan fingerprint density at radius 1 is 0.885 bits per heavy atom. The van der Waals surface area contributed by atoms with Crippen LogP contribution in [0.3, 0.4) is 0 Å². The minimum absolute atomic E-state index is 0. The predicted octanol–water partition coefficient (Wildman–Crippen LogP) is 1.37. The van der Waals surface area contributed by atoms with Crippen LogP contribution < -0.4 is 5.32 Å². The molecule has 8 heteroatoms. The van der Waals surface area contributed by atoms with E-state index in [1.54, 1.807) is 0 Å². The van der Waals surface area contributed by atoms with Crippen molar-refractivity contribution < 1.29 is 9.59 Å². The topological polar surface area (TPSA) is 55.9 Å². The van der Waals surface area contributed by atoms with Crippen molar-refractivity contribution in [1.29, 1.82) is 0 Å². The molecule has 0 radical (unpaired) electrons. The number of amides is 2. The van der Waals surface area contributed by atoms with E-state index in [1.807, 2.05) is 11.9 Å². The van der Waals surface area contributed by atoms with E-state index in [-0.39, 0.29) is 36.6 Å². The first-order valence-corrected chi connectivity index (χ1v) is 9.64. The number of carbonyl (C=O) groups excluding carboxylic acids is 2. The van der Waals surface area contributed by atoms with Crippen LogP contribution in [-0.4, -0.2) is 85.4 Å². The molecule has 0 aliphatic carbocycles. The molecule has 152 valence electrons. The van der Waals surface area contributed by atoms with Crippen LogP contribution >= 0.6 is 24.8 Å². The molecule has 26 heavy (non-hydrogen) atoms. The quantitative estimate of drug-likeness (QED) is 0.762. The first kappa shape index (κ1) is 23.5. The molecule has 1 unspecified atom stereocenters. The summed E-state index contributed by atoms with van der Waals surface area (Å²) in [7, 11) is 1.82. The summed E-state index contributed by atoms with van der Waals surface area (Å²) in [6.45, 7) is 6.09. The van der Waals surface area contributed by atoms with Gasteiger partial charge in [0.1, 0.15) is 0 Å². The van der Waals surface area contributed by atoms with Gasteiger partial charge in [-0.2, -0.15) is 0 Å². The molecule has 3 aliphatic rings. The number of nitrogens with one attached hydrogen (secondary N) is 1. The van der Waals surface area contributed by atoms with E-state index >= 15 is 0 Å². The number of piperidine rings is 2. The third kappa shape index (κ3) is 5.72. The lowest BCUT2D eigenvalue weighted by Gasteiger charge is -2.42. The summed E-state index contributed by atoms with van der Waals surface area (Å²) in [5.41, 5.74) is 0. The molecule has 3 saturated heterocycles. The first-order chi connectivity index (χ1) is 11.7. The third-order valence-corrected chi connectivity index (χ3v) is 5.88. The van der Waals surface area contributed by atoms with Crippen LogP contribution in [0.1, 0.15) is 38.5 Å². The maximum Gasteiger partial charge on any atom is 0.236 e. The Morgan fingerprint density at radius 2 is 1.54 bits per heavy atom. The van der Waals surface area contributed by atoms with E-state index in [2.05, 4.69) is 15.1 Å². The molecule has 6 nitrogen and oxygen atoms in total. The summed E-state index contributed by atoms with van der Waals surface area (Å²) in [5.74, 6) is 0.788. The van der Waals surface area contributed by atoms with Crippen molar-refractivity contribution in [2.75, 3.05) is 52.9 Å². The molecule has 3 fully saturated rings. The second kappa shape index (κ2) is 11.3. The van der Waals surface area contributed by atoms with E-state index in [1.165, 1.54) is 12.8 Å². The molecular formula is C18H34Cl2N4O2. The first-order valence-electron chi connectivity index (χ1n) is 9.64. The van der Waals surface area contributed by atoms with Gasteiger partial charge < -0.3 is 15.1 Å². The molecule has 0 saturated carbocycles. The summed E-state index contributed by atoms with van der Waals surface area (Å²) >= 11 is 0. The fourth-order valence-corrected chi connectivity index (χ4v) is 4.48. The van der Waals surface area contributed by atoms with Crippen LogP contribution in [-0.2, 0) is 9.59 Å². The van der Waals surface area contributed by atoms with Crippen LogP contribution in [0.25, 0.3) is 0 Å². The Kier molecular flexibility index (Phi) is 10.2. The second-order valence-corrected chi connectivity index (χ2v) is 7.51. The number of carbonyl (C=O) groups is 2. The molecule has 0 aromatic rings. The lowest BCUT2D eigenvalue weighted by molar-refractivity contribution is -0.136. The number of hydrogen-bond acceptors (Lipinski definition) is 4. The summed E-state index contributed by atoms with van der Waals surface area (Å²) < 4.78 is 0. The third-order valence-electron chi connectivity index (χ3n) is 5.88. The van der Waals surface area contributed by atoms with Gasteiger partial charge >= 0.3 is 0 Å². The maximum absolute atomic E-state index is 12.7. The normalized spacial score (nSPS) is 24.7. The molecule has 3 heterocycles. The molecule has 0 bridgehead atoms. The summed E-state index contributed by atoms with van der Waals surface area (Å²) in [4.78, 5) is 31.2. The predicted molar refractivity (Wildman–Crippen MR) is 108 cm³/mol. The lowest BCUT2D eigenvalue weighted by Crippen LogP contribution is -2.52. The SMILES string of the molecule is CNCC(=O)N1CCC(N2CCCC(C(=O)N3CCCC3)C2)CC1.Cl.Cl. The molecule has 3 rings (SSSR count). The molecule has 0 aromatic heterocycles. The zero-order valence-electron chi connectivity index (χ0n) is 15.8. The molecule has 3 aliphatic heterocycles. The van der Waals surface area contributed by atoms with Crippen LogP contribution in [0.4, 0.5) is 0 Å². The summed E-state index contributed by atoms with van der Waals surface area (Å²) in [5, 5.41) is 2.94. The van der Waals surface area contributed by atoms with Gasteiger partial charge in [-0.3, -0.25) is 14.5 Å². The maximum atomic E-state index is 12.7. The van der Waals surface area contributed by atoms with Gasteiger partial charge in [0.25, 0.3) is 0 Å². The second-order valence-electron chi connectivity index (χ2n) is 7.51. The van der Waals surface area contributed by atoms with Gasteiger partial charge in [-0.25, -0.2) is 0 Å². The molecule has 0 spiro atoms. The van der Waals surface area contributed by atoms with Crippen molar-refractivity contribution in [1.82, 2.24) is 20.0 Å².